The minimum atomic E-state index is -0.583. The van der Waals surface area contributed by atoms with Gasteiger partial charge in [0.1, 0.15) is 5.69 Å². The first-order valence-electron chi connectivity index (χ1n) is 6.22. The summed E-state index contributed by atoms with van der Waals surface area (Å²) in [5.41, 5.74) is 0.839. The highest BCUT2D eigenvalue weighted by atomic mass is 16.7. The van der Waals surface area contributed by atoms with Gasteiger partial charge in [0.2, 0.25) is 6.79 Å². The SMILES string of the molecule is O=C(COC(=O)c1ccc[nH]1)Nc1ccc2c(c1)OCO2. The van der Waals surface area contributed by atoms with E-state index in [4.69, 9.17) is 14.2 Å². The zero-order valence-electron chi connectivity index (χ0n) is 10.9. The van der Waals surface area contributed by atoms with Gasteiger partial charge in [-0.1, -0.05) is 0 Å². The fourth-order valence-electron chi connectivity index (χ4n) is 1.84. The number of nitrogens with one attached hydrogen (secondary N) is 2. The predicted molar refractivity (Wildman–Crippen MR) is 72.3 cm³/mol. The van der Waals surface area contributed by atoms with Crippen molar-refractivity contribution in [2.75, 3.05) is 18.7 Å². The first-order valence-corrected chi connectivity index (χ1v) is 6.22. The minimum Gasteiger partial charge on any atom is -0.454 e. The number of amides is 1. The Morgan fingerprint density at radius 3 is 2.90 bits per heavy atom. The van der Waals surface area contributed by atoms with Crippen LogP contribution in [0.5, 0.6) is 11.5 Å². The molecule has 21 heavy (non-hydrogen) atoms. The lowest BCUT2D eigenvalue weighted by Crippen LogP contribution is -2.21. The van der Waals surface area contributed by atoms with Crippen molar-refractivity contribution in [1.29, 1.82) is 0 Å². The molecule has 2 aromatic rings. The summed E-state index contributed by atoms with van der Waals surface area (Å²) in [4.78, 5) is 26.0. The van der Waals surface area contributed by atoms with Gasteiger partial charge in [-0.05, 0) is 24.3 Å². The van der Waals surface area contributed by atoms with E-state index < -0.39 is 11.9 Å². The maximum Gasteiger partial charge on any atom is 0.355 e. The molecule has 0 saturated heterocycles. The van der Waals surface area contributed by atoms with Crippen molar-refractivity contribution in [3.8, 4) is 11.5 Å². The molecule has 1 aromatic heterocycles. The van der Waals surface area contributed by atoms with Crippen LogP contribution in [0.1, 0.15) is 10.5 Å². The maximum absolute atomic E-state index is 11.7. The van der Waals surface area contributed by atoms with Crippen LogP contribution in [0.25, 0.3) is 0 Å². The molecule has 1 aliphatic heterocycles. The van der Waals surface area contributed by atoms with E-state index in [1.165, 1.54) is 0 Å². The molecule has 0 fully saturated rings. The van der Waals surface area contributed by atoms with Crippen LogP contribution < -0.4 is 14.8 Å². The Morgan fingerprint density at radius 2 is 2.10 bits per heavy atom. The predicted octanol–water partition coefficient (Wildman–Crippen LogP) is 1.54. The lowest BCUT2D eigenvalue weighted by Gasteiger charge is -2.06. The second kappa shape index (κ2) is 5.58. The van der Waals surface area contributed by atoms with Crippen LogP contribution in [0.4, 0.5) is 5.69 Å². The number of aromatic nitrogens is 1. The topological polar surface area (TPSA) is 89.7 Å². The molecule has 1 amide bonds. The van der Waals surface area contributed by atoms with Gasteiger partial charge in [-0.15, -0.1) is 0 Å². The summed E-state index contributed by atoms with van der Waals surface area (Å²) < 4.78 is 15.3. The van der Waals surface area contributed by atoms with Gasteiger partial charge in [0.15, 0.2) is 18.1 Å². The Bertz CT molecular complexity index is 666. The molecule has 7 nitrogen and oxygen atoms in total. The summed E-state index contributed by atoms with van der Waals surface area (Å²) in [6, 6.07) is 8.26. The summed E-state index contributed by atoms with van der Waals surface area (Å²) in [5.74, 6) is 0.178. The van der Waals surface area contributed by atoms with E-state index in [-0.39, 0.29) is 13.4 Å². The lowest BCUT2D eigenvalue weighted by atomic mass is 10.3. The number of hydrogen-bond acceptors (Lipinski definition) is 5. The van der Waals surface area contributed by atoms with Crippen molar-refractivity contribution in [3.63, 3.8) is 0 Å². The van der Waals surface area contributed by atoms with Gasteiger partial charge in [-0.25, -0.2) is 4.79 Å². The van der Waals surface area contributed by atoms with E-state index >= 15 is 0 Å². The van der Waals surface area contributed by atoms with E-state index in [0.29, 0.717) is 22.9 Å². The average molecular weight is 288 g/mol. The molecule has 0 atom stereocenters. The van der Waals surface area contributed by atoms with E-state index in [1.54, 1.807) is 36.5 Å². The second-order valence-electron chi connectivity index (χ2n) is 4.28. The maximum atomic E-state index is 11.7. The van der Waals surface area contributed by atoms with Crippen molar-refractivity contribution in [2.24, 2.45) is 0 Å². The number of H-pyrrole nitrogens is 1. The number of fused-ring (bicyclic) bond motifs is 1. The first-order chi connectivity index (χ1) is 10.2. The van der Waals surface area contributed by atoms with Crippen molar-refractivity contribution in [2.45, 2.75) is 0 Å². The van der Waals surface area contributed by atoms with Crippen LogP contribution in [0, 0.1) is 0 Å². The lowest BCUT2D eigenvalue weighted by molar-refractivity contribution is -0.119. The molecule has 0 saturated carbocycles. The highest BCUT2D eigenvalue weighted by Crippen LogP contribution is 2.34. The number of rotatable bonds is 4. The highest BCUT2D eigenvalue weighted by Gasteiger charge is 2.15. The Kier molecular flexibility index (Phi) is 3.46. The number of ether oxygens (including phenoxy) is 3. The normalized spacial score (nSPS) is 12.0. The average Bonchev–Trinajstić information content (AvgIpc) is 3.15. The van der Waals surface area contributed by atoms with Crippen LogP contribution in [0.2, 0.25) is 0 Å². The largest absolute Gasteiger partial charge is 0.454 e. The molecule has 0 unspecified atom stereocenters. The molecule has 7 heteroatoms. The monoisotopic (exact) mass is 288 g/mol. The number of carbonyl (C=O) groups excluding carboxylic acids is 2. The molecule has 3 rings (SSSR count). The Balaban J connectivity index is 1.53. The van der Waals surface area contributed by atoms with Crippen LogP contribution >= 0.6 is 0 Å². The number of benzene rings is 1. The molecule has 1 aliphatic rings. The molecule has 0 spiro atoms. The molecule has 0 radical (unpaired) electrons. The molecule has 2 N–H and O–H groups in total. The van der Waals surface area contributed by atoms with Gasteiger partial charge in [0.05, 0.1) is 0 Å². The third kappa shape index (κ3) is 2.97. The van der Waals surface area contributed by atoms with Gasteiger partial charge in [-0.2, -0.15) is 0 Å². The molecule has 2 heterocycles. The standard InChI is InChI=1S/C14H12N2O5/c17-13(7-19-14(18)10-2-1-5-15-10)16-9-3-4-11-12(6-9)21-8-20-11/h1-6,15H,7-8H2,(H,16,17). The Morgan fingerprint density at radius 1 is 1.24 bits per heavy atom. The zero-order chi connectivity index (χ0) is 14.7. The third-order valence-corrected chi connectivity index (χ3v) is 2.81. The number of hydrogen-bond donors (Lipinski definition) is 2. The third-order valence-electron chi connectivity index (χ3n) is 2.81. The van der Waals surface area contributed by atoms with Crippen LogP contribution in [0.15, 0.2) is 36.5 Å². The van der Waals surface area contributed by atoms with Gasteiger partial charge >= 0.3 is 5.97 Å². The van der Waals surface area contributed by atoms with Crippen LogP contribution in [-0.4, -0.2) is 30.3 Å². The van der Waals surface area contributed by atoms with E-state index in [0.717, 1.165) is 0 Å². The summed E-state index contributed by atoms with van der Waals surface area (Å²) in [7, 11) is 0. The molecule has 0 bridgehead atoms. The summed E-state index contributed by atoms with van der Waals surface area (Å²) in [5, 5.41) is 2.61. The van der Waals surface area contributed by atoms with E-state index in [1.807, 2.05) is 0 Å². The number of aromatic amines is 1. The zero-order valence-corrected chi connectivity index (χ0v) is 10.9. The van der Waals surface area contributed by atoms with Crippen molar-refractivity contribution in [3.05, 3.63) is 42.2 Å². The van der Waals surface area contributed by atoms with Crippen molar-refractivity contribution < 1.29 is 23.8 Å². The number of esters is 1. The van der Waals surface area contributed by atoms with Crippen molar-refractivity contribution >= 4 is 17.6 Å². The van der Waals surface area contributed by atoms with Gasteiger partial charge in [-0.3, -0.25) is 4.79 Å². The number of carbonyl (C=O) groups is 2. The molecule has 0 aliphatic carbocycles. The molecule has 108 valence electrons. The summed E-state index contributed by atoms with van der Waals surface area (Å²) >= 11 is 0. The first kappa shape index (κ1) is 13.0. The minimum absolute atomic E-state index is 0.167. The van der Waals surface area contributed by atoms with Gasteiger partial charge in [0, 0.05) is 18.0 Å². The van der Waals surface area contributed by atoms with Crippen LogP contribution in [0.3, 0.4) is 0 Å². The quantitative estimate of drug-likeness (QED) is 0.833. The van der Waals surface area contributed by atoms with Gasteiger partial charge < -0.3 is 24.5 Å². The fraction of sp³-hybridized carbons (Fsp3) is 0.143. The molecular formula is C14H12N2O5. The molecule has 1 aromatic carbocycles. The highest BCUT2D eigenvalue weighted by molar-refractivity contribution is 5.95. The Labute approximate surface area is 119 Å². The van der Waals surface area contributed by atoms with Gasteiger partial charge in [0.25, 0.3) is 5.91 Å². The molecular weight excluding hydrogens is 276 g/mol. The summed E-state index contributed by atoms with van der Waals surface area (Å²) in [6.45, 7) is -0.202. The van der Waals surface area contributed by atoms with Crippen molar-refractivity contribution in [1.82, 2.24) is 4.98 Å². The van der Waals surface area contributed by atoms with E-state index in [2.05, 4.69) is 10.3 Å². The van der Waals surface area contributed by atoms with E-state index in [9.17, 15) is 9.59 Å². The summed E-state index contributed by atoms with van der Waals surface area (Å²) in [6.07, 6.45) is 1.60. The number of anilines is 1. The second-order valence-corrected chi connectivity index (χ2v) is 4.28. The smallest absolute Gasteiger partial charge is 0.355 e. The fourth-order valence-corrected chi connectivity index (χ4v) is 1.84. The Hall–Kier alpha value is -2.96. The van der Waals surface area contributed by atoms with Crippen LogP contribution in [-0.2, 0) is 9.53 Å².